The zero-order chi connectivity index (χ0) is 46.4. The minimum atomic E-state index is -4.34. The van der Waals surface area contributed by atoms with Crippen LogP contribution in [0.2, 0.25) is 0 Å². The normalized spacial score (nSPS) is 14.2. The molecular formula is C54H108N2O6P+. The molecule has 0 bridgehead atoms. The number of quaternary nitrogens is 1. The van der Waals surface area contributed by atoms with E-state index >= 15 is 0 Å². The van der Waals surface area contributed by atoms with E-state index < -0.39 is 20.0 Å². The maximum atomic E-state index is 12.8. The lowest BCUT2D eigenvalue weighted by atomic mass is 10.0. The number of hydrogen-bond donors (Lipinski definition) is 3. The third kappa shape index (κ3) is 48.7. The molecule has 0 aliphatic carbocycles. The van der Waals surface area contributed by atoms with Gasteiger partial charge in [0.05, 0.1) is 39.9 Å². The zero-order valence-electron chi connectivity index (χ0n) is 42.6. The summed E-state index contributed by atoms with van der Waals surface area (Å²) in [5.41, 5.74) is 0. The van der Waals surface area contributed by atoms with E-state index in [0.29, 0.717) is 17.4 Å². The Morgan fingerprint density at radius 1 is 0.524 bits per heavy atom. The molecule has 0 aromatic carbocycles. The van der Waals surface area contributed by atoms with Gasteiger partial charge in [0.2, 0.25) is 5.91 Å². The Labute approximate surface area is 392 Å². The van der Waals surface area contributed by atoms with Gasteiger partial charge >= 0.3 is 7.82 Å². The maximum Gasteiger partial charge on any atom is 0.472 e. The molecule has 0 rings (SSSR count). The lowest BCUT2D eigenvalue weighted by Gasteiger charge is -2.25. The van der Waals surface area contributed by atoms with Gasteiger partial charge in [-0.2, -0.15) is 0 Å². The number of carbonyl (C=O) groups is 1. The van der Waals surface area contributed by atoms with Gasteiger partial charge in [0.25, 0.3) is 0 Å². The minimum absolute atomic E-state index is 0.0582. The number of hydrogen-bond acceptors (Lipinski definition) is 5. The van der Waals surface area contributed by atoms with Gasteiger partial charge in [-0.05, 0) is 32.1 Å². The fourth-order valence-corrected chi connectivity index (χ4v) is 8.85. The van der Waals surface area contributed by atoms with Crippen LogP contribution < -0.4 is 5.32 Å². The number of phosphoric acid groups is 1. The number of nitrogens with one attached hydrogen (secondary N) is 1. The predicted molar refractivity (Wildman–Crippen MR) is 272 cm³/mol. The van der Waals surface area contributed by atoms with Crippen LogP contribution in [0.15, 0.2) is 24.3 Å². The van der Waals surface area contributed by atoms with Crippen LogP contribution in [-0.4, -0.2) is 73.4 Å². The standard InChI is InChI=1S/C54H107N2O6P/c1-6-8-10-12-14-16-18-19-20-21-22-23-24-25-26-27-28-29-30-31-32-33-34-35-36-37-38-39-41-43-45-47-53(57)52(51-62-63(59,60)61-50-49-56(3,4)5)55-54(58)48-46-44-42-40-17-15-13-11-9-7-2/h38-39,45,47,52-53,57H,6-37,40-44,46,48-51H2,1-5H3,(H-,55,58,59,60)/p+1/b39-38+,47-45+. The van der Waals surface area contributed by atoms with Crippen LogP contribution in [0.3, 0.4) is 0 Å². The molecule has 0 aromatic rings. The van der Waals surface area contributed by atoms with Crippen molar-refractivity contribution in [3.63, 3.8) is 0 Å². The number of carbonyl (C=O) groups excluding carboxylic acids is 1. The smallest absolute Gasteiger partial charge is 0.387 e. The summed E-state index contributed by atoms with van der Waals surface area (Å²) in [4.78, 5) is 23.1. The molecular weight excluding hydrogens is 804 g/mol. The molecule has 63 heavy (non-hydrogen) atoms. The highest BCUT2D eigenvalue weighted by Gasteiger charge is 2.27. The lowest BCUT2D eigenvalue weighted by molar-refractivity contribution is -0.870. The largest absolute Gasteiger partial charge is 0.472 e. The zero-order valence-corrected chi connectivity index (χ0v) is 43.5. The van der Waals surface area contributed by atoms with E-state index in [1.54, 1.807) is 6.08 Å². The Kier molecular flexibility index (Phi) is 45.4. The van der Waals surface area contributed by atoms with Crippen LogP contribution in [0.25, 0.3) is 0 Å². The summed E-state index contributed by atoms with van der Waals surface area (Å²) in [6.45, 7) is 4.80. The average molecular weight is 912 g/mol. The highest BCUT2D eigenvalue weighted by Crippen LogP contribution is 2.43. The quantitative estimate of drug-likeness (QED) is 0.0243. The first-order valence-corrected chi connectivity index (χ1v) is 28.7. The summed E-state index contributed by atoms with van der Waals surface area (Å²) in [6.07, 6.45) is 57.3. The van der Waals surface area contributed by atoms with Crippen LogP contribution in [0, 0.1) is 0 Å². The average Bonchev–Trinajstić information content (AvgIpc) is 3.24. The highest BCUT2D eigenvalue weighted by molar-refractivity contribution is 7.47. The van der Waals surface area contributed by atoms with Crippen molar-refractivity contribution >= 4 is 13.7 Å². The van der Waals surface area contributed by atoms with Crippen LogP contribution in [0.4, 0.5) is 0 Å². The molecule has 9 heteroatoms. The summed E-state index contributed by atoms with van der Waals surface area (Å²) < 4.78 is 23.6. The van der Waals surface area contributed by atoms with Gasteiger partial charge in [0.15, 0.2) is 0 Å². The Morgan fingerprint density at radius 3 is 1.27 bits per heavy atom. The lowest BCUT2D eigenvalue weighted by Crippen LogP contribution is -2.45. The van der Waals surface area contributed by atoms with Crippen LogP contribution in [-0.2, 0) is 18.4 Å². The molecule has 0 saturated carbocycles. The van der Waals surface area contributed by atoms with E-state index in [2.05, 4.69) is 31.3 Å². The van der Waals surface area contributed by atoms with Crippen LogP contribution in [0.1, 0.15) is 264 Å². The van der Waals surface area contributed by atoms with Gasteiger partial charge in [-0.25, -0.2) is 4.57 Å². The first-order chi connectivity index (χ1) is 30.5. The number of rotatable bonds is 50. The van der Waals surface area contributed by atoms with Crippen molar-refractivity contribution in [3.8, 4) is 0 Å². The third-order valence-electron chi connectivity index (χ3n) is 12.4. The first kappa shape index (κ1) is 62.0. The number of amides is 1. The molecule has 3 N–H and O–H groups in total. The number of aliphatic hydroxyl groups is 1. The van der Waals surface area contributed by atoms with Crippen molar-refractivity contribution in [1.29, 1.82) is 0 Å². The third-order valence-corrected chi connectivity index (χ3v) is 13.4. The van der Waals surface area contributed by atoms with Crippen molar-refractivity contribution < 1.29 is 32.9 Å². The molecule has 374 valence electrons. The summed E-state index contributed by atoms with van der Waals surface area (Å²) in [7, 11) is 1.56. The number of phosphoric ester groups is 1. The maximum absolute atomic E-state index is 12.8. The van der Waals surface area contributed by atoms with E-state index in [1.165, 1.54) is 205 Å². The number of allylic oxidation sites excluding steroid dienone is 3. The Balaban J connectivity index is 4.07. The summed E-state index contributed by atoms with van der Waals surface area (Å²) >= 11 is 0. The summed E-state index contributed by atoms with van der Waals surface area (Å²) in [5.74, 6) is -0.187. The molecule has 0 heterocycles. The molecule has 0 aliphatic heterocycles. The van der Waals surface area contributed by atoms with Gasteiger partial charge in [0, 0.05) is 6.42 Å². The van der Waals surface area contributed by atoms with E-state index in [0.717, 1.165) is 38.5 Å². The number of aliphatic hydroxyl groups excluding tert-OH is 1. The fourth-order valence-electron chi connectivity index (χ4n) is 8.12. The van der Waals surface area contributed by atoms with Crippen LogP contribution >= 0.6 is 7.82 Å². The number of unbranched alkanes of at least 4 members (excludes halogenated alkanes) is 35. The predicted octanol–water partition coefficient (Wildman–Crippen LogP) is 16.0. The van der Waals surface area contributed by atoms with Crippen molar-refractivity contribution in [3.05, 3.63) is 24.3 Å². The van der Waals surface area contributed by atoms with Crippen molar-refractivity contribution in [2.75, 3.05) is 40.9 Å². The van der Waals surface area contributed by atoms with Crippen LogP contribution in [0.5, 0.6) is 0 Å². The van der Waals surface area contributed by atoms with Gasteiger partial charge in [0.1, 0.15) is 13.2 Å². The van der Waals surface area contributed by atoms with Crippen molar-refractivity contribution in [1.82, 2.24) is 5.32 Å². The SMILES string of the molecule is CCCCCCCCCCCCCCCCCCCCCCCCCCC/C=C/CC/C=C/C(O)C(COP(=O)(O)OCC[N+](C)(C)C)NC(=O)CCCCCCCCCCCC. The van der Waals surface area contributed by atoms with Gasteiger partial charge in [-0.15, -0.1) is 0 Å². The number of nitrogens with zero attached hydrogens (tertiary/aromatic N) is 1. The molecule has 3 atom stereocenters. The Bertz CT molecular complexity index is 1080. The Morgan fingerprint density at radius 2 is 0.873 bits per heavy atom. The number of likely N-dealkylation sites (N-methyl/N-ethyl adjacent to an activating group) is 1. The summed E-state index contributed by atoms with van der Waals surface area (Å²) in [5, 5.41) is 13.8. The second-order valence-electron chi connectivity index (χ2n) is 20.0. The Hall–Kier alpha value is -1.02. The van der Waals surface area contributed by atoms with E-state index in [-0.39, 0.29) is 19.1 Å². The molecule has 0 fully saturated rings. The molecule has 8 nitrogen and oxygen atoms in total. The second-order valence-corrected chi connectivity index (χ2v) is 21.4. The molecule has 0 aromatic heterocycles. The monoisotopic (exact) mass is 912 g/mol. The van der Waals surface area contributed by atoms with E-state index in [1.807, 2.05) is 27.2 Å². The molecule has 3 unspecified atom stereocenters. The molecule has 0 radical (unpaired) electrons. The molecule has 0 aliphatic rings. The fraction of sp³-hybridized carbons (Fsp3) is 0.907. The van der Waals surface area contributed by atoms with Gasteiger partial charge in [-0.3, -0.25) is 13.8 Å². The summed E-state index contributed by atoms with van der Waals surface area (Å²) in [6, 6.07) is -0.858. The topological polar surface area (TPSA) is 105 Å². The molecule has 0 saturated heterocycles. The molecule has 1 amide bonds. The van der Waals surface area contributed by atoms with E-state index in [4.69, 9.17) is 9.05 Å². The van der Waals surface area contributed by atoms with E-state index in [9.17, 15) is 19.4 Å². The van der Waals surface area contributed by atoms with Gasteiger partial charge in [-0.1, -0.05) is 250 Å². The van der Waals surface area contributed by atoms with Crippen molar-refractivity contribution in [2.24, 2.45) is 0 Å². The minimum Gasteiger partial charge on any atom is -0.387 e. The highest BCUT2D eigenvalue weighted by atomic mass is 31.2. The van der Waals surface area contributed by atoms with Crippen molar-refractivity contribution in [2.45, 2.75) is 276 Å². The first-order valence-electron chi connectivity index (χ1n) is 27.2. The molecule has 0 spiro atoms. The van der Waals surface area contributed by atoms with Gasteiger partial charge < -0.3 is 19.8 Å². The second kappa shape index (κ2) is 46.1.